The number of carbonyl (C=O) groups is 1. The van der Waals surface area contributed by atoms with Gasteiger partial charge in [-0.25, -0.2) is 0 Å². The third-order valence-corrected chi connectivity index (χ3v) is 5.69. The Bertz CT molecular complexity index is 774. The van der Waals surface area contributed by atoms with E-state index in [4.69, 9.17) is 14.2 Å². The number of amides is 1. The maximum Gasteiger partial charge on any atom is 0.274 e. The van der Waals surface area contributed by atoms with Gasteiger partial charge in [0.1, 0.15) is 0 Å². The number of piperidine rings is 1. The number of likely N-dealkylation sites (tertiary alicyclic amines) is 1. The maximum absolute atomic E-state index is 12.8. The van der Waals surface area contributed by atoms with Gasteiger partial charge >= 0.3 is 0 Å². The first-order valence-electron chi connectivity index (χ1n) is 10.7. The molecule has 0 radical (unpaired) electrons. The molecule has 1 saturated heterocycles. The highest BCUT2D eigenvalue weighted by Crippen LogP contribution is 2.37. The van der Waals surface area contributed by atoms with E-state index < -0.39 is 16.9 Å². The Labute approximate surface area is 181 Å². The number of benzene rings is 1. The number of ether oxygens (including phenoxy) is 3. The van der Waals surface area contributed by atoms with Crippen molar-refractivity contribution in [1.29, 1.82) is 0 Å². The molecular weight excluding hydrogens is 406 g/mol. The molecule has 1 amide bonds. The predicted octanol–water partition coefficient (Wildman–Crippen LogP) is 1.60. The van der Waals surface area contributed by atoms with Gasteiger partial charge < -0.3 is 29.5 Å². The normalized spacial score (nSPS) is 21.4. The van der Waals surface area contributed by atoms with Gasteiger partial charge in [-0.3, -0.25) is 14.9 Å². The molecule has 2 aliphatic heterocycles. The molecule has 3 rings (SSSR count). The molecule has 1 unspecified atom stereocenters. The van der Waals surface area contributed by atoms with E-state index in [1.807, 2.05) is 0 Å². The number of nitro groups is 1. The van der Waals surface area contributed by atoms with Crippen molar-refractivity contribution in [3.8, 4) is 11.5 Å². The first kappa shape index (κ1) is 23.2. The fourth-order valence-corrected chi connectivity index (χ4v) is 3.92. The van der Waals surface area contributed by atoms with Gasteiger partial charge in [0, 0.05) is 45.2 Å². The van der Waals surface area contributed by atoms with E-state index in [0.717, 1.165) is 39.0 Å². The summed E-state index contributed by atoms with van der Waals surface area (Å²) in [5.74, 6) is -0.112. The van der Waals surface area contributed by atoms with Crippen LogP contribution in [-0.4, -0.2) is 80.1 Å². The van der Waals surface area contributed by atoms with Crippen molar-refractivity contribution in [2.45, 2.75) is 31.8 Å². The number of unbranched alkanes of at least 4 members (excludes halogenated alkanes) is 1. The number of methoxy groups -OCH3 is 1. The van der Waals surface area contributed by atoms with E-state index in [1.54, 1.807) is 7.11 Å². The van der Waals surface area contributed by atoms with Crippen LogP contribution in [0.4, 0.5) is 5.69 Å². The quantitative estimate of drug-likeness (QED) is 0.339. The van der Waals surface area contributed by atoms with Crippen LogP contribution in [-0.2, 0) is 4.74 Å². The van der Waals surface area contributed by atoms with Gasteiger partial charge in [0.2, 0.25) is 0 Å². The summed E-state index contributed by atoms with van der Waals surface area (Å²) in [5.41, 5.74) is -0.146. The van der Waals surface area contributed by atoms with Crippen molar-refractivity contribution in [2.24, 2.45) is 5.92 Å². The summed E-state index contributed by atoms with van der Waals surface area (Å²) in [6.45, 7) is 4.09. The number of β-amino-alcohol motifs (C(OH)–C–C–N with tert-alkyl or cyclic N) is 1. The summed E-state index contributed by atoms with van der Waals surface area (Å²) in [6.07, 6.45) is 2.85. The molecule has 1 fully saturated rings. The molecule has 1 aromatic carbocycles. The van der Waals surface area contributed by atoms with Crippen LogP contribution in [0.1, 0.15) is 36.0 Å². The zero-order chi connectivity index (χ0) is 22.2. The van der Waals surface area contributed by atoms with Gasteiger partial charge in [-0.05, 0) is 32.4 Å². The van der Waals surface area contributed by atoms with Gasteiger partial charge in [0.05, 0.1) is 35.9 Å². The zero-order valence-corrected chi connectivity index (χ0v) is 17.9. The highest BCUT2D eigenvalue weighted by molar-refractivity contribution is 5.98. The molecule has 2 atom stereocenters. The monoisotopic (exact) mass is 437 g/mol. The fraction of sp³-hybridized carbons (Fsp3) is 0.667. The lowest BCUT2D eigenvalue weighted by molar-refractivity contribution is -0.385. The second-order valence-corrected chi connectivity index (χ2v) is 7.95. The summed E-state index contributed by atoms with van der Waals surface area (Å²) in [5, 5.41) is 24.6. The summed E-state index contributed by atoms with van der Waals surface area (Å²) >= 11 is 0. The molecule has 172 valence electrons. The lowest BCUT2D eigenvalue weighted by Gasteiger charge is -2.36. The Balaban J connectivity index is 1.58. The molecular formula is C21H31N3O7. The molecule has 10 heteroatoms. The van der Waals surface area contributed by atoms with Crippen molar-refractivity contribution >= 4 is 11.6 Å². The van der Waals surface area contributed by atoms with Crippen molar-refractivity contribution in [3.63, 3.8) is 0 Å². The van der Waals surface area contributed by atoms with Crippen LogP contribution >= 0.6 is 0 Å². The molecule has 31 heavy (non-hydrogen) atoms. The van der Waals surface area contributed by atoms with Gasteiger partial charge in [0.25, 0.3) is 11.6 Å². The maximum atomic E-state index is 12.8. The van der Waals surface area contributed by atoms with Crippen molar-refractivity contribution in [3.05, 3.63) is 27.8 Å². The predicted molar refractivity (Wildman–Crippen MR) is 113 cm³/mol. The number of fused-ring (bicyclic) bond motifs is 1. The largest absolute Gasteiger partial charge is 0.489 e. The number of carbonyl (C=O) groups excluding carboxylic acids is 1. The second-order valence-electron chi connectivity index (χ2n) is 7.95. The average Bonchev–Trinajstić information content (AvgIpc) is 3.00. The molecule has 1 aromatic rings. The number of rotatable bonds is 9. The number of aliphatic hydroxyl groups is 1. The molecule has 2 aliphatic rings. The topological polar surface area (TPSA) is 123 Å². The summed E-state index contributed by atoms with van der Waals surface area (Å²) in [7, 11) is 1.69. The van der Waals surface area contributed by atoms with E-state index in [2.05, 4.69) is 10.2 Å². The first-order chi connectivity index (χ1) is 15.0. The molecule has 0 aliphatic carbocycles. The first-order valence-corrected chi connectivity index (χ1v) is 10.7. The smallest absolute Gasteiger partial charge is 0.274 e. The van der Waals surface area contributed by atoms with Gasteiger partial charge in [-0.1, -0.05) is 0 Å². The van der Waals surface area contributed by atoms with E-state index in [0.29, 0.717) is 26.2 Å². The Hall–Kier alpha value is -2.43. The van der Waals surface area contributed by atoms with E-state index in [-0.39, 0.29) is 35.2 Å². The van der Waals surface area contributed by atoms with Crippen molar-refractivity contribution < 1.29 is 29.0 Å². The summed E-state index contributed by atoms with van der Waals surface area (Å²) < 4.78 is 16.2. The van der Waals surface area contributed by atoms with Gasteiger partial charge in [0.15, 0.2) is 11.5 Å². The number of nitrogens with one attached hydrogen (secondary N) is 1. The highest BCUT2D eigenvalue weighted by Gasteiger charge is 2.29. The minimum absolute atomic E-state index is 0.0753. The Morgan fingerprint density at radius 3 is 2.90 bits per heavy atom. The Morgan fingerprint density at radius 2 is 2.16 bits per heavy atom. The molecule has 2 heterocycles. The highest BCUT2D eigenvalue weighted by atomic mass is 16.6. The van der Waals surface area contributed by atoms with Crippen LogP contribution in [0.15, 0.2) is 12.1 Å². The van der Waals surface area contributed by atoms with Crippen LogP contribution < -0.4 is 14.8 Å². The number of hydrogen-bond acceptors (Lipinski definition) is 8. The SMILES string of the molecule is COCCCCN1CCC(CNC(=O)c2cc([N+](=O)[O-])cc3c2OCCCO3)[C@H](O)C1. The summed E-state index contributed by atoms with van der Waals surface area (Å²) in [4.78, 5) is 25.8. The summed E-state index contributed by atoms with van der Waals surface area (Å²) in [6, 6.07) is 2.49. The van der Waals surface area contributed by atoms with E-state index in [9.17, 15) is 20.0 Å². The molecule has 2 N–H and O–H groups in total. The molecule has 10 nitrogen and oxygen atoms in total. The number of aliphatic hydroxyl groups excluding tert-OH is 1. The molecule has 0 aromatic heterocycles. The molecule has 0 saturated carbocycles. The standard InChI is InChI=1S/C21H31N3O7/c1-29-8-3-2-6-23-7-5-15(18(25)14-23)13-22-21(26)17-11-16(24(27)28)12-19-20(17)31-10-4-9-30-19/h11-12,15,18,25H,2-10,13-14H2,1H3,(H,22,26)/t15?,18-/m1/s1. The number of non-ortho nitro benzene ring substituents is 1. The number of nitrogens with zero attached hydrogens (tertiary/aromatic N) is 2. The minimum Gasteiger partial charge on any atom is -0.489 e. The van der Waals surface area contributed by atoms with Crippen LogP contribution in [0.3, 0.4) is 0 Å². The molecule has 0 spiro atoms. The average molecular weight is 437 g/mol. The lowest BCUT2D eigenvalue weighted by Crippen LogP contribution is -2.47. The van der Waals surface area contributed by atoms with Crippen molar-refractivity contribution in [1.82, 2.24) is 10.2 Å². The Morgan fingerprint density at radius 1 is 1.35 bits per heavy atom. The minimum atomic E-state index is -0.558. The Kier molecular flexibility index (Phi) is 8.44. The number of hydrogen-bond donors (Lipinski definition) is 2. The zero-order valence-electron chi connectivity index (χ0n) is 17.9. The molecule has 0 bridgehead atoms. The van der Waals surface area contributed by atoms with Crippen LogP contribution in [0.2, 0.25) is 0 Å². The van der Waals surface area contributed by atoms with Crippen LogP contribution in [0.25, 0.3) is 0 Å². The van der Waals surface area contributed by atoms with Gasteiger partial charge in [-0.15, -0.1) is 0 Å². The third-order valence-electron chi connectivity index (χ3n) is 5.69. The van der Waals surface area contributed by atoms with Gasteiger partial charge in [-0.2, -0.15) is 0 Å². The van der Waals surface area contributed by atoms with E-state index >= 15 is 0 Å². The van der Waals surface area contributed by atoms with Crippen LogP contribution in [0.5, 0.6) is 11.5 Å². The lowest BCUT2D eigenvalue weighted by atomic mass is 9.93. The number of nitro benzene ring substituents is 1. The third kappa shape index (κ3) is 6.28. The van der Waals surface area contributed by atoms with E-state index in [1.165, 1.54) is 12.1 Å². The van der Waals surface area contributed by atoms with Crippen molar-refractivity contribution in [2.75, 3.05) is 53.1 Å². The van der Waals surface area contributed by atoms with Crippen LogP contribution in [0, 0.1) is 16.0 Å². The fourth-order valence-electron chi connectivity index (χ4n) is 3.92. The second kappa shape index (κ2) is 11.3.